The van der Waals surface area contributed by atoms with Gasteiger partial charge in [0.2, 0.25) is 6.79 Å². The van der Waals surface area contributed by atoms with Gasteiger partial charge in [-0.25, -0.2) is 4.79 Å². The third-order valence-electron chi connectivity index (χ3n) is 4.30. The highest BCUT2D eigenvalue weighted by Gasteiger charge is 2.29. The molecule has 0 aliphatic carbocycles. The molecule has 9 heteroatoms. The average molecular weight is 358 g/mol. The number of methoxy groups -OCH3 is 1. The minimum Gasteiger partial charge on any atom is -0.869 e. The van der Waals surface area contributed by atoms with E-state index in [0.717, 1.165) is 0 Å². The van der Waals surface area contributed by atoms with Crippen molar-refractivity contribution in [1.82, 2.24) is 0 Å². The number of carboxylic acids is 1. The number of rotatable bonds is 3. The van der Waals surface area contributed by atoms with Crippen molar-refractivity contribution in [2.75, 3.05) is 19.1 Å². The number of ether oxygens (including phenoxy) is 3. The summed E-state index contributed by atoms with van der Waals surface area (Å²) in [6.07, 6.45) is 0. The number of aromatic carboxylic acids is 1. The molecule has 0 saturated heterocycles. The molecule has 0 saturated carbocycles. The van der Waals surface area contributed by atoms with Crippen molar-refractivity contribution in [2.45, 2.75) is 0 Å². The number of carboxylic acid groups (broad SMARTS) is 1. The molecule has 1 heterocycles. The maximum Gasteiger partial charge on any atom is 0.335 e. The smallest absolute Gasteiger partial charge is 0.335 e. The molecule has 134 valence electrons. The fourth-order valence-electron chi connectivity index (χ4n) is 3.27. The van der Waals surface area contributed by atoms with Gasteiger partial charge in [-0.1, -0.05) is 12.1 Å². The molecule has 0 fully saturated rings. The monoisotopic (exact) mass is 358 g/mol. The predicted molar refractivity (Wildman–Crippen MR) is 86.6 cm³/mol. The second-order valence-corrected chi connectivity index (χ2v) is 5.56. The molecule has 3 aromatic rings. The van der Waals surface area contributed by atoms with E-state index in [-0.39, 0.29) is 40.0 Å². The van der Waals surface area contributed by atoms with Gasteiger partial charge in [0.05, 0.1) is 12.7 Å². The highest BCUT2D eigenvalue weighted by atomic mass is 16.8. The van der Waals surface area contributed by atoms with Gasteiger partial charge in [0.1, 0.15) is 11.4 Å². The molecular weight excluding hydrogens is 346 g/mol. The van der Waals surface area contributed by atoms with Crippen molar-refractivity contribution in [3.63, 3.8) is 0 Å². The Balaban J connectivity index is 2.35. The molecule has 1 aliphatic rings. The lowest BCUT2D eigenvalue weighted by Crippen LogP contribution is -2.14. The van der Waals surface area contributed by atoms with E-state index in [4.69, 9.17) is 14.2 Å². The SMILES string of the molecule is COc1cccc2c1cc(N(O)O)c1c(C(=O)O)c([O-])c3c(c12)OCO3. The normalized spacial score (nSPS) is 12.6. The lowest BCUT2D eigenvalue weighted by molar-refractivity contribution is -0.270. The van der Waals surface area contributed by atoms with Crippen molar-refractivity contribution in [3.05, 3.63) is 29.8 Å². The molecule has 0 bridgehead atoms. The molecule has 3 N–H and O–H groups in total. The minimum atomic E-state index is -1.52. The second kappa shape index (κ2) is 5.55. The quantitative estimate of drug-likeness (QED) is 0.475. The second-order valence-electron chi connectivity index (χ2n) is 5.56. The number of fused-ring (bicyclic) bond motifs is 5. The van der Waals surface area contributed by atoms with Crippen LogP contribution in [0.25, 0.3) is 21.5 Å². The van der Waals surface area contributed by atoms with Crippen LogP contribution in [0.2, 0.25) is 0 Å². The summed E-state index contributed by atoms with van der Waals surface area (Å²) < 4.78 is 15.9. The summed E-state index contributed by atoms with van der Waals surface area (Å²) in [5.74, 6) is -2.18. The zero-order valence-corrected chi connectivity index (χ0v) is 13.3. The van der Waals surface area contributed by atoms with Gasteiger partial charge in [-0.05, 0) is 23.3 Å². The van der Waals surface area contributed by atoms with Gasteiger partial charge in [0, 0.05) is 16.2 Å². The van der Waals surface area contributed by atoms with Gasteiger partial charge in [0.15, 0.2) is 11.5 Å². The van der Waals surface area contributed by atoms with Gasteiger partial charge in [-0.3, -0.25) is 10.4 Å². The zero-order valence-electron chi connectivity index (χ0n) is 13.3. The summed E-state index contributed by atoms with van der Waals surface area (Å²) in [6.45, 7) is -0.250. The van der Waals surface area contributed by atoms with Crippen molar-refractivity contribution < 1.29 is 39.6 Å². The van der Waals surface area contributed by atoms with E-state index in [1.165, 1.54) is 13.2 Å². The Morgan fingerprint density at radius 2 is 1.92 bits per heavy atom. The number of nitrogens with zero attached hydrogens (tertiary/aromatic N) is 1. The number of benzene rings is 3. The van der Waals surface area contributed by atoms with E-state index >= 15 is 0 Å². The van der Waals surface area contributed by atoms with Crippen molar-refractivity contribution in [1.29, 1.82) is 0 Å². The Bertz CT molecular complexity index is 1080. The van der Waals surface area contributed by atoms with Crippen molar-refractivity contribution >= 4 is 33.2 Å². The summed E-state index contributed by atoms with van der Waals surface area (Å²) in [7, 11) is 1.45. The Morgan fingerprint density at radius 3 is 2.58 bits per heavy atom. The van der Waals surface area contributed by atoms with Crippen LogP contribution in [-0.4, -0.2) is 35.4 Å². The first-order chi connectivity index (χ1) is 12.5. The number of carbonyl (C=O) groups is 1. The molecule has 4 rings (SSSR count). The van der Waals surface area contributed by atoms with Crippen LogP contribution in [0, 0.1) is 0 Å². The van der Waals surface area contributed by atoms with Crippen LogP contribution in [0.1, 0.15) is 10.4 Å². The molecule has 0 spiro atoms. The molecule has 0 radical (unpaired) electrons. The summed E-state index contributed by atoms with van der Waals surface area (Å²) >= 11 is 0. The van der Waals surface area contributed by atoms with E-state index < -0.39 is 17.3 Å². The highest BCUT2D eigenvalue weighted by molar-refractivity contribution is 6.24. The maximum absolute atomic E-state index is 12.6. The third kappa shape index (κ3) is 2.01. The Kier molecular flexibility index (Phi) is 3.43. The van der Waals surface area contributed by atoms with Crippen LogP contribution in [0.4, 0.5) is 5.69 Å². The zero-order chi connectivity index (χ0) is 18.6. The maximum atomic E-state index is 12.6. The fraction of sp³-hybridized carbons (Fsp3) is 0.118. The first-order valence-corrected chi connectivity index (χ1v) is 7.42. The minimum absolute atomic E-state index is 0.0527. The number of hydrogen-bond donors (Lipinski definition) is 3. The van der Waals surface area contributed by atoms with Crippen LogP contribution >= 0.6 is 0 Å². The first-order valence-electron chi connectivity index (χ1n) is 7.42. The Hall–Kier alpha value is -3.43. The fourth-order valence-corrected chi connectivity index (χ4v) is 3.27. The molecule has 0 unspecified atom stereocenters. The molecule has 26 heavy (non-hydrogen) atoms. The number of anilines is 1. The molecule has 0 amide bonds. The van der Waals surface area contributed by atoms with Gasteiger partial charge in [0.25, 0.3) is 0 Å². The van der Waals surface area contributed by atoms with E-state index in [0.29, 0.717) is 16.5 Å². The first kappa shape index (κ1) is 16.1. The molecule has 3 aromatic carbocycles. The number of hydrogen-bond acceptors (Lipinski definition) is 8. The van der Waals surface area contributed by atoms with E-state index in [1.54, 1.807) is 18.2 Å². The van der Waals surface area contributed by atoms with Gasteiger partial charge >= 0.3 is 5.97 Å². The average Bonchev–Trinajstić information content (AvgIpc) is 3.09. The lowest BCUT2D eigenvalue weighted by Gasteiger charge is -2.22. The van der Waals surface area contributed by atoms with Gasteiger partial charge in [-0.2, -0.15) is 0 Å². The van der Waals surface area contributed by atoms with Crippen LogP contribution in [0.15, 0.2) is 24.3 Å². The predicted octanol–water partition coefficient (Wildman–Crippen LogP) is 2.09. The summed E-state index contributed by atoms with van der Waals surface area (Å²) in [6, 6.07) is 6.35. The largest absolute Gasteiger partial charge is 0.869 e. The van der Waals surface area contributed by atoms with Gasteiger partial charge in [-0.15, -0.1) is 5.23 Å². The van der Waals surface area contributed by atoms with Crippen LogP contribution in [0.3, 0.4) is 0 Å². The molecular formula is C17H12NO8-. The van der Waals surface area contributed by atoms with Crippen molar-refractivity contribution in [3.8, 4) is 23.0 Å². The molecule has 1 aliphatic heterocycles. The molecule has 0 aromatic heterocycles. The summed E-state index contributed by atoms with van der Waals surface area (Å²) in [5, 5.41) is 42.3. The highest BCUT2D eigenvalue weighted by Crippen LogP contribution is 2.52. The summed E-state index contributed by atoms with van der Waals surface area (Å²) in [4.78, 5) is 11.8. The van der Waals surface area contributed by atoms with Gasteiger partial charge < -0.3 is 24.4 Å². The third-order valence-corrected chi connectivity index (χ3v) is 4.30. The lowest BCUT2D eigenvalue weighted by atomic mass is 9.94. The van der Waals surface area contributed by atoms with E-state index in [9.17, 15) is 25.4 Å². The summed E-state index contributed by atoms with van der Waals surface area (Å²) in [5.41, 5.74) is -0.943. The van der Waals surface area contributed by atoms with Crippen LogP contribution < -0.4 is 24.5 Å². The Morgan fingerprint density at radius 1 is 1.19 bits per heavy atom. The van der Waals surface area contributed by atoms with Crippen molar-refractivity contribution in [2.24, 2.45) is 0 Å². The topological polar surface area (TPSA) is 132 Å². The standard InChI is InChI=1S/C17H13NO8/c1-24-10-4-2-3-7-8(10)5-9(18(22)23)12-11(7)15-16(26-6-25-15)14(19)13(12)17(20)21/h2-5,19,22-23H,6H2,1H3,(H,20,21)/p-1. The van der Waals surface area contributed by atoms with Crippen LogP contribution in [0.5, 0.6) is 23.0 Å². The molecule has 9 nitrogen and oxygen atoms in total. The van der Waals surface area contributed by atoms with Crippen LogP contribution in [-0.2, 0) is 0 Å². The van der Waals surface area contributed by atoms with E-state index in [1.807, 2.05) is 0 Å². The Labute approximate surface area is 145 Å². The molecule has 0 atom stereocenters. The van der Waals surface area contributed by atoms with E-state index in [2.05, 4.69) is 0 Å².